The second-order valence-corrected chi connectivity index (χ2v) is 5.57. The van der Waals surface area contributed by atoms with Crippen molar-refractivity contribution in [2.75, 3.05) is 13.2 Å². The van der Waals surface area contributed by atoms with E-state index in [0.717, 1.165) is 49.2 Å². The van der Waals surface area contributed by atoms with Crippen LogP contribution in [0.5, 0.6) is 0 Å². The Morgan fingerprint density at radius 1 is 1.35 bits per heavy atom. The molecular weight excluding hydrogens is 252 g/mol. The Balaban J connectivity index is 1.89. The zero-order valence-corrected chi connectivity index (χ0v) is 11.6. The molecule has 1 unspecified atom stereocenters. The van der Waals surface area contributed by atoms with E-state index in [0.29, 0.717) is 11.5 Å². The number of benzene rings is 1. The third kappa shape index (κ3) is 2.46. The number of rotatable bonds is 2. The molecule has 2 aliphatic rings. The third-order valence-corrected chi connectivity index (χ3v) is 4.11. The molecule has 0 radical (unpaired) electrons. The maximum absolute atomic E-state index is 12.5. The van der Waals surface area contributed by atoms with E-state index in [-0.39, 0.29) is 11.6 Å². The van der Waals surface area contributed by atoms with Crippen LogP contribution < -0.4 is 0 Å². The fraction of sp³-hybridized carbons (Fsp3) is 0.412. The Labute approximate surface area is 118 Å². The van der Waals surface area contributed by atoms with Crippen LogP contribution in [0.15, 0.2) is 29.8 Å². The number of hydrogen-bond donors (Lipinski definition) is 0. The predicted molar refractivity (Wildman–Crippen MR) is 76.1 cm³/mol. The average molecular weight is 270 g/mol. The summed E-state index contributed by atoms with van der Waals surface area (Å²) >= 11 is 0. The van der Waals surface area contributed by atoms with Gasteiger partial charge in [0, 0.05) is 23.7 Å². The fourth-order valence-electron chi connectivity index (χ4n) is 2.92. The first kappa shape index (κ1) is 13.3. The van der Waals surface area contributed by atoms with Gasteiger partial charge in [-0.3, -0.25) is 9.59 Å². The van der Waals surface area contributed by atoms with Crippen molar-refractivity contribution < 1.29 is 14.3 Å². The summed E-state index contributed by atoms with van der Waals surface area (Å²) in [7, 11) is 0. The summed E-state index contributed by atoms with van der Waals surface area (Å²) in [5.74, 6) is 0.546. The predicted octanol–water partition coefficient (Wildman–Crippen LogP) is 2.98. The first-order valence-electron chi connectivity index (χ1n) is 7.12. The van der Waals surface area contributed by atoms with Gasteiger partial charge in [-0.2, -0.15) is 0 Å². The lowest BCUT2D eigenvalue weighted by Crippen LogP contribution is -2.16. The Bertz CT molecular complexity index is 592. The van der Waals surface area contributed by atoms with E-state index in [4.69, 9.17) is 4.74 Å². The van der Waals surface area contributed by atoms with E-state index < -0.39 is 0 Å². The summed E-state index contributed by atoms with van der Waals surface area (Å²) in [6, 6.07) is 5.41. The van der Waals surface area contributed by atoms with E-state index in [1.807, 2.05) is 6.07 Å². The number of Topliss-reactive ketones (excluding diaryl/α,β-unsaturated/α-hetero) is 2. The normalized spacial score (nSPS) is 23.9. The van der Waals surface area contributed by atoms with Crippen molar-refractivity contribution >= 4 is 11.6 Å². The van der Waals surface area contributed by atoms with Crippen molar-refractivity contribution in [3.8, 4) is 0 Å². The van der Waals surface area contributed by atoms with Gasteiger partial charge in [0.2, 0.25) is 0 Å². The second-order valence-electron chi connectivity index (χ2n) is 5.57. The molecule has 20 heavy (non-hydrogen) atoms. The minimum absolute atomic E-state index is 0.0460. The minimum atomic E-state index is 0.0460. The average Bonchev–Trinajstić information content (AvgIpc) is 2.94. The standard InChI is InChI=1S/C17H18O3/c1-11(18)13-4-5-16-14(9-13)2-3-15(17(16)19)8-12-6-7-20-10-12/h4-5,8-9,12H,2-3,6-7,10H2,1H3/b15-8+. The molecule has 1 fully saturated rings. The van der Waals surface area contributed by atoms with Gasteiger partial charge in [-0.05, 0) is 43.4 Å². The number of fused-ring (bicyclic) bond motifs is 1. The molecule has 1 aromatic carbocycles. The molecular formula is C17H18O3. The Hall–Kier alpha value is -1.74. The van der Waals surface area contributed by atoms with Crippen molar-refractivity contribution in [1.29, 1.82) is 0 Å². The number of allylic oxidation sites excluding steroid dienone is 1. The monoisotopic (exact) mass is 270 g/mol. The molecule has 3 rings (SSSR count). The summed E-state index contributed by atoms with van der Waals surface area (Å²) < 4.78 is 5.35. The molecule has 1 aromatic rings. The van der Waals surface area contributed by atoms with Crippen molar-refractivity contribution in [2.45, 2.75) is 26.2 Å². The van der Waals surface area contributed by atoms with Crippen LogP contribution in [-0.2, 0) is 11.2 Å². The lowest BCUT2D eigenvalue weighted by molar-refractivity contribution is 0.100. The lowest BCUT2D eigenvalue weighted by atomic mass is 9.84. The highest BCUT2D eigenvalue weighted by Gasteiger charge is 2.24. The van der Waals surface area contributed by atoms with Crippen molar-refractivity contribution in [3.63, 3.8) is 0 Å². The number of aryl methyl sites for hydroxylation is 1. The second kappa shape index (κ2) is 5.33. The fourth-order valence-corrected chi connectivity index (χ4v) is 2.92. The minimum Gasteiger partial charge on any atom is -0.381 e. The van der Waals surface area contributed by atoms with Gasteiger partial charge in [-0.1, -0.05) is 18.2 Å². The van der Waals surface area contributed by atoms with Gasteiger partial charge in [-0.25, -0.2) is 0 Å². The molecule has 0 bridgehead atoms. The Morgan fingerprint density at radius 2 is 2.20 bits per heavy atom. The zero-order valence-electron chi connectivity index (χ0n) is 11.6. The maximum atomic E-state index is 12.5. The molecule has 1 heterocycles. The van der Waals surface area contributed by atoms with Crippen LogP contribution in [0.3, 0.4) is 0 Å². The highest BCUT2D eigenvalue weighted by molar-refractivity contribution is 6.11. The van der Waals surface area contributed by atoms with Crippen LogP contribution in [0.25, 0.3) is 0 Å². The van der Waals surface area contributed by atoms with Gasteiger partial charge in [0.1, 0.15) is 0 Å². The number of ketones is 2. The first-order valence-corrected chi connectivity index (χ1v) is 7.12. The van der Waals surface area contributed by atoms with Gasteiger partial charge in [0.25, 0.3) is 0 Å². The molecule has 0 saturated carbocycles. The highest BCUT2D eigenvalue weighted by Crippen LogP contribution is 2.28. The molecule has 1 aliphatic carbocycles. The molecule has 104 valence electrons. The summed E-state index contributed by atoms with van der Waals surface area (Å²) in [4.78, 5) is 23.9. The molecule has 1 saturated heterocycles. The van der Waals surface area contributed by atoms with Crippen LogP contribution in [0.4, 0.5) is 0 Å². The molecule has 0 spiro atoms. The third-order valence-electron chi connectivity index (χ3n) is 4.11. The summed E-state index contributed by atoms with van der Waals surface area (Å²) in [6.07, 6.45) is 4.70. The van der Waals surface area contributed by atoms with E-state index >= 15 is 0 Å². The Kier molecular flexibility index (Phi) is 3.53. The summed E-state index contributed by atoms with van der Waals surface area (Å²) in [5.41, 5.74) is 3.35. The summed E-state index contributed by atoms with van der Waals surface area (Å²) in [6.45, 7) is 3.08. The quantitative estimate of drug-likeness (QED) is 0.613. The van der Waals surface area contributed by atoms with Crippen LogP contribution >= 0.6 is 0 Å². The van der Waals surface area contributed by atoms with E-state index in [9.17, 15) is 9.59 Å². The maximum Gasteiger partial charge on any atom is 0.188 e. The lowest BCUT2D eigenvalue weighted by Gasteiger charge is -2.19. The highest BCUT2D eigenvalue weighted by atomic mass is 16.5. The van der Waals surface area contributed by atoms with Crippen LogP contribution in [-0.4, -0.2) is 24.8 Å². The molecule has 3 nitrogen and oxygen atoms in total. The van der Waals surface area contributed by atoms with Gasteiger partial charge in [0.05, 0.1) is 6.61 Å². The molecule has 0 aromatic heterocycles. The van der Waals surface area contributed by atoms with Crippen molar-refractivity contribution in [1.82, 2.24) is 0 Å². The topological polar surface area (TPSA) is 43.4 Å². The van der Waals surface area contributed by atoms with Crippen molar-refractivity contribution in [3.05, 3.63) is 46.5 Å². The van der Waals surface area contributed by atoms with Gasteiger partial charge >= 0.3 is 0 Å². The molecule has 1 aliphatic heterocycles. The first-order chi connectivity index (χ1) is 9.65. The molecule has 1 atom stereocenters. The number of ether oxygens (including phenoxy) is 1. The largest absolute Gasteiger partial charge is 0.381 e. The van der Waals surface area contributed by atoms with E-state index in [1.54, 1.807) is 19.1 Å². The smallest absolute Gasteiger partial charge is 0.188 e. The van der Waals surface area contributed by atoms with Crippen LogP contribution in [0.1, 0.15) is 46.0 Å². The number of hydrogen-bond acceptors (Lipinski definition) is 3. The zero-order chi connectivity index (χ0) is 14.1. The van der Waals surface area contributed by atoms with E-state index in [1.165, 1.54) is 0 Å². The van der Waals surface area contributed by atoms with Crippen molar-refractivity contribution in [2.24, 2.45) is 5.92 Å². The number of carbonyl (C=O) groups is 2. The van der Waals surface area contributed by atoms with Gasteiger partial charge < -0.3 is 4.74 Å². The van der Waals surface area contributed by atoms with Gasteiger partial charge in [0.15, 0.2) is 11.6 Å². The van der Waals surface area contributed by atoms with Gasteiger partial charge in [-0.15, -0.1) is 0 Å². The SMILES string of the molecule is CC(=O)c1ccc2c(c1)CC/C(=C\C1CCOC1)C2=O. The van der Waals surface area contributed by atoms with E-state index in [2.05, 4.69) is 6.08 Å². The number of carbonyl (C=O) groups excluding carboxylic acids is 2. The van der Waals surface area contributed by atoms with Crippen LogP contribution in [0, 0.1) is 5.92 Å². The molecule has 0 amide bonds. The van der Waals surface area contributed by atoms with Crippen LogP contribution in [0.2, 0.25) is 0 Å². The molecule has 0 N–H and O–H groups in total. The molecule has 3 heteroatoms. The summed E-state index contributed by atoms with van der Waals surface area (Å²) in [5, 5.41) is 0. The Morgan fingerprint density at radius 3 is 2.90 bits per heavy atom.